The van der Waals surface area contributed by atoms with E-state index in [1.54, 1.807) is 29.2 Å². The monoisotopic (exact) mass is 540 g/mol. The number of fused-ring (bicyclic) bond motifs is 5. The highest BCUT2D eigenvalue weighted by molar-refractivity contribution is 7.98. The largest absolute Gasteiger partial charge is 0.276 e. The van der Waals surface area contributed by atoms with E-state index in [9.17, 15) is 4.79 Å². The molecule has 1 aliphatic rings. The molecule has 3 heterocycles. The third kappa shape index (κ3) is 4.29. The Bertz CT molecular complexity index is 1610. The normalized spacial score (nSPS) is 13.5. The fourth-order valence-corrected chi connectivity index (χ4v) is 7.66. The highest BCUT2D eigenvalue weighted by atomic mass is 35.5. The number of aromatic nitrogens is 4. The molecule has 0 saturated heterocycles. The van der Waals surface area contributed by atoms with Crippen LogP contribution >= 0.6 is 46.3 Å². The number of aryl methyl sites for hydroxylation is 4. The van der Waals surface area contributed by atoms with Crippen LogP contribution in [0.15, 0.2) is 58.5 Å². The molecule has 6 rings (SSSR count). The first kappa shape index (κ1) is 23.1. The van der Waals surface area contributed by atoms with Crippen LogP contribution in [0.1, 0.15) is 34.4 Å². The fraction of sp³-hybridized carbons (Fsp3) is 0.269. The van der Waals surface area contributed by atoms with Gasteiger partial charge in [-0.3, -0.25) is 9.36 Å². The van der Waals surface area contributed by atoms with Gasteiger partial charge in [0.25, 0.3) is 5.56 Å². The zero-order valence-corrected chi connectivity index (χ0v) is 22.0. The Morgan fingerprint density at radius 2 is 1.86 bits per heavy atom. The number of hydrogen-bond donors (Lipinski definition) is 0. The molecule has 5 nitrogen and oxygen atoms in total. The maximum Gasteiger partial charge on any atom is 0.263 e. The van der Waals surface area contributed by atoms with Gasteiger partial charge in [-0.05, 0) is 60.9 Å². The van der Waals surface area contributed by atoms with Crippen LogP contribution in [0.4, 0.5) is 0 Å². The first-order valence-electron chi connectivity index (χ1n) is 11.6. The minimum absolute atomic E-state index is 0.0486. The Labute approximate surface area is 220 Å². The second kappa shape index (κ2) is 9.62. The molecule has 1 aliphatic carbocycles. The zero-order chi connectivity index (χ0) is 23.9. The average Bonchev–Trinajstić information content (AvgIpc) is 3.46. The van der Waals surface area contributed by atoms with Crippen molar-refractivity contribution in [1.82, 2.24) is 19.2 Å². The summed E-state index contributed by atoms with van der Waals surface area (Å²) in [6.45, 7) is 0.554. The van der Waals surface area contributed by atoms with Crippen LogP contribution in [0.25, 0.3) is 16.0 Å². The Morgan fingerprint density at radius 1 is 1.03 bits per heavy atom. The van der Waals surface area contributed by atoms with Gasteiger partial charge in [-0.2, -0.15) is 0 Å². The third-order valence-electron chi connectivity index (χ3n) is 6.51. The molecule has 35 heavy (non-hydrogen) atoms. The molecule has 0 radical (unpaired) electrons. The van der Waals surface area contributed by atoms with Crippen molar-refractivity contribution in [2.75, 3.05) is 0 Å². The molecule has 5 aromatic rings. The Morgan fingerprint density at radius 3 is 2.69 bits per heavy atom. The molecule has 0 aliphatic heterocycles. The lowest BCUT2D eigenvalue weighted by atomic mass is 9.97. The van der Waals surface area contributed by atoms with E-state index in [0.29, 0.717) is 28.1 Å². The minimum Gasteiger partial charge on any atom is -0.276 e. The molecule has 3 aromatic heterocycles. The molecular weight excluding hydrogens is 519 g/mol. The van der Waals surface area contributed by atoms with Crippen molar-refractivity contribution in [3.05, 3.63) is 90.5 Å². The lowest BCUT2D eigenvalue weighted by Crippen LogP contribution is -2.24. The predicted molar refractivity (Wildman–Crippen MR) is 145 cm³/mol. The van der Waals surface area contributed by atoms with Gasteiger partial charge in [-0.25, -0.2) is 4.40 Å². The van der Waals surface area contributed by atoms with Crippen LogP contribution in [0.2, 0.25) is 10.0 Å². The van der Waals surface area contributed by atoms with Gasteiger partial charge >= 0.3 is 0 Å². The molecule has 0 fully saturated rings. The first-order chi connectivity index (χ1) is 17.1. The summed E-state index contributed by atoms with van der Waals surface area (Å²) in [7, 11) is 0. The average molecular weight is 542 g/mol. The fourth-order valence-electron chi connectivity index (χ4n) is 4.73. The molecule has 0 unspecified atom stereocenters. The van der Waals surface area contributed by atoms with Crippen molar-refractivity contribution >= 4 is 62.3 Å². The summed E-state index contributed by atoms with van der Waals surface area (Å²) in [5, 5.41) is 11.9. The summed E-state index contributed by atoms with van der Waals surface area (Å²) in [5.74, 6) is 1.23. The van der Waals surface area contributed by atoms with Crippen LogP contribution in [0.3, 0.4) is 0 Å². The molecule has 2 aromatic carbocycles. The second-order valence-electron chi connectivity index (χ2n) is 8.73. The van der Waals surface area contributed by atoms with E-state index in [0.717, 1.165) is 46.6 Å². The van der Waals surface area contributed by atoms with Crippen LogP contribution in [-0.4, -0.2) is 19.2 Å². The van der Waals surface area contributed by atoms with E-state index >= 15 is 0 Å². The molecule has 0 spiro atoms. The van der Waals surface area contributed by atoms with Crippen LogP contribution in [-0.2, 0) is 31.6 Å². The molecular formula is C26H22Cl2N4OS2. The van der Waals surface area contributed by atoms with E-state index in [2.05, 4.69) is 26.7 Å². The van der Waals surface area contributed by atoms with Gasteiger partial charge in [0, 0.05) is 27.2 Å². The predicted octanol–water partition coefficient (Wildman–Crippen LogP) is 6.83. The number of benzene rings is 2. The number of hydrogen-bond acceptors (Lipinski definition) is 5. The number of nitrogens with zero attached hydrogens (tertiary/aromatic N) is 4. The summed E-state index contributed by atoms with van der Waals surface area (Å²) in [4.78, 5) is 16.1. The number of rotatable bonds is 6. The lowest BCUT2D eigenvalue weighted by molar-refractivity contribution is 0.673. The van der Waals surface area contributed by atoms with Gasteiger partial charge < -0.3 is 0 Å². The van der Waals surface area contributed by atoms with Crippen molar-refractivity contribution in [2.24, 2.45) is 0 Å². The summed E-state index contributed by atoms with van der Waals surface area (Å²) in [6, 6.07) is 15.8. The van der Waals surface area contributed by atoms with Gasteiger partial charge in [-0.15, -0.1) is 21.5 Å². The van der Waals surface area contributed by atoms with E-state index < -0.39 is 0 Å². The van der Waals surface area contributed by atoms with Crippen molar-refractivity contribution in [3.63, 3.8) is 0 Å². The van der Waals surface area contributed by atoms with Gasteiger partial charge in [0.2, 0.25) is 5.78 Å². The standard InChI is InChI=1S/C26H22Cl2N4OS2/c27-18-11-10-17(20(28)14-18)15-34-26-30-29-25-31(13-12-16-6-2-1-3-7-16)23(33)22-19-8-4-5-9-21(19)35-24(22)32(25)26/h1-3,6-7,10-11,14H,4-5,8-9,12-13,15H2. The zero-order valence-electron chi connectivity index (χ0n) is 18.8. The molecule has 9 heteroatoms. The molecule has 0 saturated carbocycles. The van der Waals surface area contributed by atoms with Gasteiger partial charge in [-0.1, -0.05) is 71.4 Å². The van der Waals surface area contributed by atoms with Crippen molar-refractivity contribution in [2.45, 2.75) is 49.6 Å². The third-order valence-corrected chi connectivity index (χ3v) is 9.35. The molecule has 0 bridgehead atoms. The summed E-state index contributed by atoms with van der Waals surface area (Å²) in [5.41, 5.74) is 3.45. The lowest BCUT2D eigenvalue weighted by Gasteiger charge is -2.12. The quantitative estimate of drug-likeness (QED) is 0.221. The number of halogens is 2. The molecule has 0 amide bonds. The van der Waals surface area contributed by atoms with Crippen molar-refractivity contribution in [1.29, 1.82) is 0 Å². The Balaban J connectivity index is 1.47. The SMILES string of the molecule is O=c1c2c3c(sc2n2c(SCc4ccc(Cl)cc4Cl)nnc2n1CCc1ccccc1)CCCC3. The smallest absolute Gasteiger partial charge is 0.263 e. The summed E-state index contributed by atoms with van der Waals surface area (Å²) >= 11 is 15.8. The highest BCUT2D eigenvalue weighted by Crippen LogP contribution is 2.37. The van der Waals surface area contributed by atoms with Crippen LogP contribution in [0, 0.1) is 0 Å². The second-order valence-corrected chi connectivity index (χ2v) is 11.6. The van der Waals surface area contributed by atoms with E-state index in [1.807, 2.05) is 34.9 Å². The van der Waals surface area contributed by atoms with Gasteiger partial charge in [0.15, 0.2) is 5.16 Å². The maximum absolute atomic E-state index is 13.8. The van der Waals surface area contributed by atoms with Crippen LogP contribution < -0.4 is 5.56 Å². The Hall–Kier alpha value is -2.32. The minimum atomic E-state index is 0.0486. The summed E-state index contributed by atoms with van der Waals surface area (Å²) in [6.07, 6.45) is 5.04. The maximum atomic E-state index is 13.8. The van der Waals surface area contributed by atoms with Gasteiger partial charge in [0.1, 0.15) is 4.83 Å². The Kier molecular flexibility index (Phi) is 6.35. The van der Waals surface area contributed by atoms with E-state index in [1.165, 1.54) is 22.4 Å². The summed E-state index contributed by atoms with van der Waals surface area (Å²) < 4.78 is 3.89. The van der Waals surface area contributed by atoms with Crippen molar-refractivity contribution in [3.8, 4) is 0 Å². The molecule has 0 N–H and O–H groups in total. The van der Waals surface area contributed by atoms with Gasteiger partial charge in [0.05, 0.1) is 5.39 Å². The van der Waals surface area contributed by atoms with Crippen LogP contribution in [0.5, 0.6) is 0 Å². The number of thioether (sulfide) groups is 1. The molecule has 0 atom stereocenters. The van der Waals surface area contributed by atoms with E-state index in [4.69, 9.17) is 23.2 Å². The number of thiophene rings is 1. The van der Waals surface area contributed by atoms with E-state index in [-0.39, 0.29) is 5.56 Å². The topological polar surface area (TPSA) is 52.2 Å². The first-order valence-corrected chi connectivity index (χ1v) is 14.2. The van der Waals surface area contributed by atoms with Crippen molar-refractivity contribution < 1.29 is 0 Å². The molecule has 178 valence electrons. The highest BCUT2D eigenvalue weighted by Gasteiger charge is 2.25.